The first kappa shape index (κ1) is 16.4. The number of sulfone groups is 1. The van der Waals surface area contributed by atoms with E-state index in [0.717, 1.165) is 6.26 Å². The maximum atomic E-state index is 11.9. The first-order valence-electron chi connectivity index (χ1n) is 6.37. The molecule has 2 rings (SSSR count). The molecule has 6 nitrogen and oxygen atoms in total. The molecule has 0 saturated carbocycles. The van der Waals surface area contributed by atoms with E-state index in [-0.39, 0.29) is 12.3 Å². The number of rotatable bonds is 5. The van der Waals surface area contributed by atoms with E-state index in [1.54, 1.807) is 24.3 Å². The molecule has 0 unspecified atom stereocenters. The molecule has 0 spiro atoms. The quantitative estimate of drug-likeness (QED) is 0.874. The first-order chi connectivity index (χ1) is 10.3. The van der Waals surface area contributed by atoms with E-state index in [2.05, 4.69) is 10.6 Å². The van der Waals surface area contributed by atoms with Crippen LogP contribution in [0, 0.1) is 0 Å². The van der Waals surface area contributed by atoms with Gasteiger partial charge in [-0.05, 0) is 29.8 Å². The van der Waals surface area contributed by atoms with Crippen molar-refractivity contribution >= 4 is 33.2 Å². The largest absolute Gasteiger partial charge is 0.467 e. The maximum absolute atomic E-state index is 11.9. The van der Waals surface area contributed by atoms with Crippen LogP contribution < -0.4 is 10.6 Å². The predicted molar refractivity (Wildman–Crippen MR) is 84.6 cm³/mol. The van der Waals surface area contributed by atoms with Gasteiger partial charge < -0.3 is 15.1 Å². The predicted octanol–water partition coefficient (Wildman–Crippen LogP) is 2.80. The lowest BCUT2D eigenvalue weighted by atomic mass is 10.2. The van der Waals surface area contributed by atoms with E-state index in [4.69, 9.17) is 16.0 Å². The van der Waals surface area contributed by atoms with Crippen molar-refractivity contribution in [1.29, 1.82) is 0 Å². The molecule has 0 aliphatic carbocycles. The van der Waals surface area contributed by atoms with Crippen LogP contribution in [0.1, 0.15) is 11.3 Å². The Morgan fingerprint density at radius 2 is 2.09 bits per heavy atom. The van der Waals surface area contributed by atoms with Crippen molar-refractivity contribution in [2.75, 3.05) is 11.6 Å². The molecule has 1 aromatic carbocycles. The molecule has 22 heavy (non-hydrogen) atoms. The van der Waals surface area contributed by atoms with Crippen LogP contribution in [0.25, 0.3) is 0 Å². The summed E-state index contributed by atoms with van der Waals surface area (Å²) in [5.41, 5.74) is 0.829. The fourth-order valence-corrected chi connectivity index (χ4v) is 2.81. The number of carbonyl (C=O) groups excluding carboxylic acids is 1. The average Bonchev–Trinajstić information content (AvgIpc) is 2.91. The highest BCUT2D eigenvalue weighted by molar-refractivity contribution is 7.89. The van der Waals surface area contributed by atoms with E-state index < -0.39 is 15.9 Å². The monoisotopic (exact) mass is 342 g/mol. The molecule has 1 heterocycles. The lowest BCUT2D eigenvalue weighted by Gasteiger charge is -2.11. The molecule has 0 fully saturated rings. The summed E-state index contributed by atoms with van der Waals surface area (Å²) in [6, 6.07) is 7.63. The summed E-state index contributed by atoms with van der Waals surface area (Å²) in [4.78, 5) is 11.9. The van der Waals surface area contributed by atoms with Gasteiger partial charge in [-0.25, -0.2) is 13.2 Å². The Bertz CT molecular complexity index is 757. The van der Waals surface area contributed by atoms with Gasteiger partial charge >= 0.3 is 6.03 Å². The molecule has 2 N–H and O–H groups in total. The minimum atomic E-state index is -3.23. The molecule has 0 radical (unpaired) electrons. The summed E-state index contributed by atoms with van der Waals surface area (Å²) < 4.78 is 28.0. The van der Waals surface area contributed by atoms with E-state index in [9.17, 15) is 13.2 Å². The molecule has 0 aliphatic heterocycles. The normalized spacial score (nSPS) is 11.2. The molecule has 2 amide bonds. The second-order valence-corrected chi connectivity index (χ2v) is 7.34. The molecule has 0 aliphatic rings. The molecule has 0 saturated heterocycles. The number of benzene rings is 1. The second-order valence-electron chi connectivity index (χ2n) is 4.76. The number of hydrogen-bond donors (Lipinski definition) is 2. The highest BCUT2D eigenvalue weighted by Gasteiger charge is 2.12. The van der Waals surface area contributed by atoms with E-state index >= 15 is 0 Å². The van der Waals surface area contributed by atoms with E-state index in [1.807, 2.05) is 0 Å². The molecular formula is C14H15ClN2O4S. The van der Waals surface area contributed by atoms with Crippen molar-refractivity contribution in [2.24, 2.45) is 0 Å². The van der Waals surface area contributed by atoms with Gasteiger partial charge in [0.1, 0.15) is 5.76 Å². The van der Waals surface area contributed by atoms with Gasteiger partial charge in [0.15, 0.2) is 9.84 Å². The van der Waals surface area contributed by atoms with E-state index in [0.29, 0.717) is 22.0 Å². The number of urea groups is 1. The van der Waals surface area contributed by atoms with Crippen molar-refractivity contribution in [2.45, 2.75) is 12.3 Å². The van der Waals surface area contributed by atoms with Gasteiger partial charge in [-0.1, -0.05) is 17.7 Å². The highest BCUT2D eigenvalue weighted by Crippen LogP contribution is 2.22. The zero-order chi connectivity index (χ0) is 16.2. The number of carbonyl (C=O) groups is 1. The summed E-state index contributed by atoms with van der Waals surface area (Å²) >= 11 is 5.89. The Labute approximate surface area is 133 Å². The molecule has 2 aromatic rings. The van der Waals surface area contributed by atoms with Crippen LogP contribution in [0.5, 0.6) is 0 Å². The summed E-state index contributed by atoms with van der Waals surface area (Å²) in [7, 11) is -3.23. The number of nitrogens with one attached hydrogen (secondary N) is 2. The van der Waals surface area contributed by atoms with Crippen molar-refractivity contribution in [3.8, 4) is 0 Å². The SMILES string of the molecule is CS(=O)(=O)Cc1ccc(Cl)cc1NC(=O)NCc1ccco1. The smallest absolute Gasteiger partial charge is 0.319 e. The van der Waals surface area contributed by atoms with Crippen LogP contribution in [0.15, 0.2) is 41.0 Å². The van der Waals surface area contributed by atoms with Crippen LogP contribution in [0.3, 0.4) is 0 Å². The number of amides is 2. The summed E-state index contributed by atoms with van der Waals surface area (Å²) in [5, 5.41) is 5.60. The van der Waals surface area contributed by atoms with Crippen LogP contribution >= 0.6 is 11.6 Å². The Morgan fingerprint density at radius 1 is 1.32 bits per heavy atom. The zero-order valence-corrected chi connectivity index (χ0v) is 13.4. The number of anilines is 1. The zero-order valence-electron chi connectivity index (χ0n) is 11.8. The fourth-order valence-electron chi connectivity index (χ4n) is 1.82. The van der Waals surface area contributed by atoms with Crippen molar-refractivity contribution in [3.63, 3.8) is 0 Å². The van der Waals surface area contributed by atoms with E-state index in [1.165, 1.54) is 12.3 Å². The minimum Gasteiger partial charge on any atom is -0.467 e. The van der Waals surface area contributed by atoms with Crippen LogP contribution in [-0.2, 0) is 22.1 Å². The summed E-state index contributed by atoms with van der Waals surface area (Å²) in [5.74, 6) is 0.426. The van der Waals surface area contributed by atoms with Crippen molar-refractivity contribution in [3.05, 3.63) is 52.9 Å². The molecular weight excluding hydrogens is 328 g/mol. The summed E-state index contributed by atoms with van der Waals surface area (Å²) in [6.45, 7) is 0.223. The standard InChI is InChI=1S/C14H15ClN2O4S/c1-22(19,20)9-10-4-5-11(15)7-13(10)17-14(18)16-8-12-3-2-6-21-12/h2-7H,8-9H2,1H3,(H2,16,17,18). The molecule has 0 bridgehead atoms. The molecule has 118 valence electrons. The molecule has 8 heteroatoms. The topological polar surface area (TPSA) is 88.4 Å². The van der Waals surface area contributed by atoms with Crippen LogP contribution in [0.2, 0.25) is 5.02 Å². The molecule has 1 aromatic heterocycles. The van der Waals surface area contributed by atoms with Gasteiger partial charge in [-0.2, -0.15) is 0 Å². The highest BCUT2D eigenvalue weighted by atomic mass is 35.5. The van der Waals surface area contributed by atoms with Gasteiger partial charge in [0, 0.05) is 17.0 Å². The lowest BCUT2D eigenvalue weighted by Crippen LogP contribution is -2.28. The first-order valence-corrected chi connectivity index (χ1v) is 8.81. The van der Waals surface area contributed by atoms with Crippen LogP contribution in [-0.4, -0.2) is 20.7 Å². The third-order valence-corrected chi connectivity index (χ3v) is 3.81. The average molecular weight is 343 g/mol. The third kappa shape index (κ3) is 5.09. The number of hydrogen-bond acceptors (Lipinski definition) is 4. The maximum Gasteiger partial charge on any atom is 0.319 e. The van der Waals surface area contributed by atoms with Crippen molar-refractivity contribution in [1.82, 2.24) is 5.32 Å². The minimum absolute atomic E-state index is 0.183. The lowest BCUT2D eigenvalue weighted by molar-refractivity contribution is 0.251. The Morgan fingerprint density at radius 3 is 2.73 bits per heavy atom. The number of furan rings is 1. The van der Waals surface area contributed by atoms with Crippen LogP contribution in [0.4, 0.5) is 10.5 Å². The van der Waals surface area contributed by atoms with Gasteiger partial charge in [0.05, 0.1) is 18.6 Å². The summed E-state index contributed by atoms with van der Waals surface area (Å²) in [6.07, 6.45) is 2.64. The second kappa shape index (κ2) is 6.85. The van der Waals surface area contributed by atoms with Gasteiger partial charge in [0.2, 0.25) is 0 Å². The van der Waals surface area contributed by atoms with Gasteiger partial charge in [-0.3, -0.25) is 0 Å². The van der Waals surface area contributed by atoms with Gasteiger partial charge in [-0.15, -0.1) is 0 Å². The van der Waals surface area contributed by atoms with Gasteiger partial charge in [0.25, 0.3) is 0 Å². The Balaban J connectivity index is 2.07. The third-order valence-electron chi connectivity index (χ3n) is 2.74. The number of halogens is 1. The van der Waals surface area contributed by atoms with Crippen molar-refractivity contribution < 1.29 is 17.6 Å². The Kier molecular flexibility index (Phi) is 5.10. The Hall–Kier alpha value is -1.99. The fraction of sp³-hybridized carbons (Fsp3) is 0.214. The molecule has 0 atom stereocenters.